The van der Waals surface area contributed by atoms with Gasteiger partial charge in [-0.2, -0.15) is 0 Å². The highest BCUT2D eigenvalue weighted by molar-refractivity contribution is 8.26. The van der Waals surface area contributed by atoms with Crippen molar-refractivity contribution < 1.29 is 9.90 Å². The first-order valence-electron chi connectivity index (χ1n) is 9.77. The lowest BCUT2D eigenvalue weighted by molar-refractivity contribution is -0.122. The van der Waals surface area contributed by atoms with Gasteiger partial charge in [0.2, 0.25) is 0 Å². The number of carbonyl (C=O) groups excluding carboxylic acids is 1. The van der Waals surface area contributed by atoms with E-state index in [1.54, 1.807) is 37.4 Å². The summed E-state index contributed by atoms with van der Waals surface area (Å²) in [5.41, 5.74) is 1.11. The van der Waals surface area contributed by atoms with Crippen molar-refractivity contribution in [3.8, 4) is 0 Å². The molecule has 7 nitrogen and oxygen atoms in total. The second kappa shape index (κ2) is 9.41. The Balaban J connectivity index is 1.73. The van der Waals surface area contributed by atoms with Gasteiger partial charge < -0.3 is 10.4 Å². The summed E-state index contributed by atoms with van der Waals surface area (Å²) in [6.45, 7) is 2.06. The minimum absolute atomic E-state index is 0.198. The highest BCUT2D eigenvalue weighted by Gasteiger charge is 2.33. The standard InChI is InChI=1S/C22H19ClN4O3S2/c1-13(28)11-24-19-15(20(29)26-9-5-4-8-18(26)25-19)10-17-21(30)27(22(31)32-17)12-14-6-2-3-7-16(14)23/h2-10,13,24,28H,11-12H2,1H3. The maximum absolute atomic E-state index is 13.2. The number of halogens is 1. The van der Waals surface area contributed by atoms with Gasteiger partial charge in [0.05, 0.1) is 23.1 Å². The van der Waals surface area contributed by atoms with Gasteiger partial charge in [-0.05, 0) is 36.8 Å². The molecule has 1 aliphatic rings. The number of anilines is 1. The summed E-state index contributed by atoms with van der Waals surface area (Å²) in [7, 11) is 0. The third-order valence-corrected chi connectivity index (χ3v) is 6.52. The maximum Gasteiger partial charge on any atom is 0.267 e. The van der Waals surface area contributed by atoms with E-state index in [9.17, 15) is 14.7 Å². The summed E-state index contributed by atoms with van der Waals surface area (Å²) >= 11 is 12.8. The van der Waals surface area contributed by atoms with Gasteiger partial charge in [-0.3, -0.25) is 18.9 Å². The summed E-state index contributed by atoms with van der Waals surface area (Å²) in [4.78, 5) is 32.6. The quantitative estimate of drug-likeness (QED) is 0.407. The molecule has 32 heavy (non-hydrogen) atoms. The molecule has 1 aromatic carbocycles. The zero-order valence-electron chi connectivity index (χ0n) is 17.0. The number of thiocarbonyl (C=S) groups is 1. The Labute approximate surface area is 198 Å². The summed E-state index contributed by atoms with van der Waals surface area (Å²) in [6, 6.07) is 12.5. The van der Waals surface area contributed by atoms with E-state index in [0.717, 1.165) is 17.3 Å². The molecule has 10 heteroatoms. The van der Waals surface area contributed by atoms with Crippen molar-refractivity contribution in [1.82, 2.24) is 14.3 Å². The Hall–Kier alpha value is -2.72. The number of pyridine rings is 1. The molecule has 1 atom stereocenters. The molecule has 1 amide bonds. The van der Waals surface area contributed by atoms with Crippen molar-refractivity contribution in [3.63, 3.8) is 0 Å². The van der Waals surface area contributed by atoms with Crippen LogP contribution in [0.1, 0.15) is 18.1 Å². The molecule has 3 aromatic rings. The average Bonchev–Trinajstić information content (AvgIpc) is 3.03. The smallest absolute Gasteiger partial charge is 0.267 e. The van der Waals surface area contributed by atoms with Crippen LogP contribution < -0.4 is 10.9 Å². The van der Waals surface area contributed by atoms with Crippen LogP contribution in [0.15, 0.2) is 58.4 Å². The van der Waals surface area contributed by atoms with Gasteiger partial charge in [0.15, 0.2) is 0 Å². The summed E-state index contributed by atoms with van der Waals surface area (Å²) in [6.07, 6.45) is 2.47. The van der Waals surface area contributed by atoms with Gasteiger partial charge >= 0.3 is 0 Å². The van der Waals surface area contributed by atoms with Crippen LogP contribution in [-0.4, -0.2) is 42.3 Å². The van der Waals surface area contributed by atoms with Crippen LogP contribution in [0.4, 0.5) is 5.82 Å². The van der Waals surface area contributed by atoms with Crippen LogP contribution in [-0.2, 0) is 11.3 Å². The number of amides is 1. The fraction of sp³-hybridized carbons (Fsp3) is 0.182. The Morgan fingerprint density at radius 2 is 2.00 bits per heavy atom. The molecule has 1 unspecified atom stereocenters. The number of nitrogens with one attached hydrogen (secondary N) is 1. The first-order valence-corrected chi connectivity index (χ1v) is 11.4. The molecular formula is C22H19ClN4O3S2. The fourth-order valence-electron chi connectivity index (χ4n) is 3.18. The lowest BCUT2D eigenvalue weighted by atomic mass is 10.2. The van der Waals surface area contributed by atoms with Crippen LogP contribution in [0, 0.1) is 0 Å². The van der Waals surface area contributed by atoms with Crippen molar-refractivity contribution in [1.29, 1.82) is 0 Å². The molecule has 0 bridgehead atoms. The van der Waals surface area contributed by atoms with E-state index in [0.29, 0.717) is 25.7 Å². The number of hydrogen-bond donors (Lipinski definition) is 2. The number of benzene rings is 1. The molecule has 0 aliphatic carbocycles. The molecule has 1 fully saturated rings. The molecule has 2 aromatic heterocycles. The molecule has 0 radical (unpaired) electrons. The number of aliphatic hydroxyl groups excluding tert-OH is 1. The third-order valence-electron chi connectivity index (χ3n) is 4.77. The van der Waals surface area contributed by atoms with Gasteiger partial charge in [-0.25, -0.2) is 4.98 Å². The largest absolute Gasteiger partial charge is 0.392 e. The van der Waals surface area contributed by atoms with E-state index in [2.05, 4.69) is 10.3 Å². The second-order valence-corrected chi connectivity index (χ2v) is 9.28. The predicted octanol–water partition coefficient (Wildman–Crippen LogP) is 3.54. The Morgan fingerprint density at radius 3 is 2.75 bits per heavy atom. The number of nitrogens with zero attached hydrogens (tertiary/aromatic N) is 3. The topological polar surface area (TPSA) is 86.9 Å². The number of fused-ring (bicyclic) bond motifs is 1. The number of aliphatic hydroxyl groups is 1. The zero-order valence-corrected chi connectivity index (χ0v) is 19.4. The van der Waals surface area contributed by atoms with E-state index in [1.165, 1.54) is 15.4 Å². The highest BCUT2D eigenvalue weighted by atomic mass is 35.5. The molecule has 0 saturated carbocycles. The van der Waals surface area contributed by atoms with Crippen molar-refractivity contribution in [2.24, 2.45) is 0 Å². The Kier molecular flexibility index (Phi) is 6.61. The normalized spacial score (nSPS) is 16.2. The van der Waals surface area contributed by atoms with Crippen LogP contribution >= 0.6 is 35.6 Å². The third kappa shape index (κ3) is 4.56. The lowest BCUT2D eigenvalue weighted by Crippen LogP contribution is -2.27. The molecule has 4 rings (SSSR count). The highest BCUT2D eigenvalue weighted by Crippen LogP contribution is 2.34. The molecule has 3 heterocycles. The van der Waals surface area contributed by atoms with Gasteiger partial charge in [-0.1, -0.05) is 59.8 Å². The number of aromatic nitrogens is 2. The second-order valence-electron chi connectivity index (χ2n) is 7.20. The van der Waals surface area contributed by atoms with E-state index < -0.39 is 6.10 Å². The number of hydrogen-bond acceptors (Lipinski definition) is 7. The van der Waals surface area contributed by atoms with Gasteiger partial charge in [0.25, 0.3) is 11.5 Å². The molecule has 164 valence electrons. The first-order chi connectivity index (χ1) is 15.3. The van der Waals surface area contributed by atoms with Crippen LogP contribution in [0.5, 0.6) is 0 Å². The molecular weight excluding hydrogens is 468 g/mol. The van der Waals surface area contributed by atoms with Crippen LogP contribution in [0.2, 0.25) is 5.02 Å². The number of thioether (sulfide) groups is 1. The minimum atomic E-state index is -0.646. The minimum Gasteiger partial charge on any atom is -0.392 e. The maximum atomic E-state index is 13.2. The SMILES string of the molecule is CC(O)CNc1nc2ccccn2c(=O)c1C=C1SC(=S)N(Cc2ccccc2Cl)C1=O. The van der Waals surface area contributed by atoms with E-state index in [-0.39, 0.29) is 30.1 Å². The molecule has 0 spiro atoms. The number of carbonyl (C=O) groups is 1. The molecule has 2 N–H and O–H groups in total. The van der Waals surface area contributed by atoms with Crippen molar-refractivity contribution in [2.75, 3.05) is 11.9 Å². The van der Waals surface area contributed by atoms with Gasteiger partial charge in [0, 0.05) is 17.8 Å². The number of rotatable bonds is 6. The first kappa shape index (κ1) is 22.5. The average molecular weight is 487 g/mol. The van der Waals surface area contributed by atoms with E-state index in [4.69, 9.17) is 23.8 Å². The van der Waals surface area contributed by atoms with Crippen molar-refractivity contribution in [3.05, 3.63) is 80.1 Å². The Morgan fingerprint density at radius 1 is 1.25 bits per heavy atom. The van der Waals surface area contributed by atoms with Gasteiger partial charge in [-0.15, -0.1) is 0 Å². The van der Waals surface area contributed by atoms with E-state index >= 15 is 0 Å². The summed E-state index contributed by atoms with van der Waals surface area (Å²) in [5, 5.41) is 13.2. The molecule has 1 aliphatic heterocycles. The summed E-state index contributed by atoms with van der Waals surface area (Å²) in [5.74, 6) is -0.0163. The van der Waals surface area contributed by atoms with Crippen molar-refractivity contribution >= 4 is 63.3 Å². The predicted molar refractivity (Wildman–Crippen MR) is 132 cm³/mol. The van der Waals surface area contributed by atoms with Crippen LogP contribution in [0.25, 0.3) is 11.7 Å². The van der Waals surface area contributed by atoms with Gasteiger partial charge in [0.1, 0.15) is 15.8 Å². The molecule has 1 saturated heterocycles. The zero-order chi connectivity index (χ0) is 22.8. The fourth-order valence-corrected chi connectivity index (χ4v) is 4.61. The van der Waals surface area contributed by atoms with Crippen molar-refractivity contribution in [2.45, 2.75) is 19.6 Å². The van der Waals surface area contributed by atoms with Crippen LogP contribution in [0.3, 0.4) is 0 Å². The lowest BCUT2D eigenvalue weighted by Gasteiger charge is -2.15. The Bertz CT molecular complexity index is 1310. The summed E-state index contributed by atoms with van der Waals surface area (Å²) < 4.78 is 1.79. The monoisotopic (exact) mass is 486 g/mol. The van der Waals surface area contributed by atoms with E-state index in [1.807, 2.05) is 18.2 Å².